The van der Waals surface area contributed by atoms with Crippen LogP contribution < -0.4 is 0 Å². The molecule has 1 unspecified atom stereocenters. The van der Waals surface area contributed by atoms with Crippen LogP contribution in [-0.4, -0.2) is 18.4 Å². The minimum absolute atomic E-state index is 1.16. The van der Waals surface area contributed by atoms with Crippen molar-refractivity contribution in [3.8, 4) is 0 Å². The molecule has 1 rings (SSSR count). The van der Waals surface area contributed by atoms with E-state index in [1.165, 1.54) is 0 Å². The number of rotatable bonds is 1. The van der Waals surface area contributed by atoms with Gasteiger partial charge in [0.05, 0.1) is 0 Å². The second-order valence-corrected chi connectivity index (χ2v) is 2.04. The van der Waals surface area contributed by atoms with Crippen LogP contribution in [0.4, 0.5) is 22.0 Å². The number of halogens is 5. The van der Waals surface area contributed by atoms with Gasteiger partial charge in [0.2, 0.25) is 0 Å². The lowest BCUT2D eigenvalue weighted by molar-refractivity contribution is -0.325. The summed E-state index contributed by atoms with van der Waals surface area (Å²) in [6, 6.07) is 0. The molecule has 1 aliphatic rings. The smallest absolute Gasteiger partial charge is 0.414 e. The van der Waals surface area contributed by atoms with E-state index in [1.807, 2.05) is 0 Å². The Morgan fingerprint density at radius 1 is 1.17 bits per heavy atom. The van der Waals surface area contributed by atoms with Gasteiger partial charge in [-0.25, -0.2) is 8.78 Å². The van der Waals surface area contributed by atoms with E-state index < -0.39 is 24.3 Å². The van der Waals surface area contributed by atoms with Gasteiger partial charge in [0.15, 0.2) is 0 Å². The third-order valence-corrected chi connectivity index (χ3v) is 1.18. The van der Waals surface area contributed by atoms with Crippen LogP contribution in [0.5, 0.6) is 0 Å². The Balaban J connectivity index is 2.97. The van der Waals surface area contributed by atoms with E-state index in [4.69, 9.17) is 0 Å². The van der Waals surface area contributed by atoms with Gasteiger partial charge in [0.25, 0.3) is 5.95 Å². The highest BCUT2D eigenvalue weighted by atomic mass is 19.3. The highest BCUT2D eigenvalue weighted by molar-refractivity contribution is 4.94. The molecule has 1 atom stereocenters. The monoisotopic (exact) mass is 190 g/mol. The summed E-state index contributed by atoms with van der Waals surface area (Å²) in [6.45, 7) is 2.63. The van der Waals surface area contributed by atoms with Crippen LogP contribution in [0.3, 0.4) is 0 Å². The fraction of sp³-hybridized carbons (Fsp3) is 0.600. The van der Waals surface area contributed by atoms with Crippen molar-refractivity contribution in [2.24, 2.45) is 0 Å². The Kier molecular flexibility index (Phi) is 1.69. The van der Waals surface area contributed by atoms with E-state index in [1.54, 1.807) is 0 Å². The number of hydrogen-bond donors (Lipinski definition) is 0. The maximum atomic E-state index is 12.6. The molecule has 0 amide bonds. The predicted molar refractivity (Wildman–Crippen MR) is 26.1 cm³/mol. The van der Waals surface area contributed by atoms with E-state index in [2.05, 4.69) is 16.1 Å². The Bertz CT molecular complexity index is 216. The molecule has 1 saturated heterocycles. The molecule has 12 heavy (non-hydrogen) atoms. The van der Waals surface area contributed by atoms with Crippen molar-refractivity contribution >= 4 is 0 Å². The number of ether oxygens (including phenoxy) is 2. The normalized spacial score (nSPS) is 33.3. The fourth-order valence-electron chi connectivity index (χ4n) is 0.630. The Morgan fingerprint density at radius 3 is 1.83 bits per heavy atom. The Labute approximate surface area is 63.6 Å². The van der Waals surface area contributed by atoms with Crippen LogP contribution in [0, 0.1) is 0 Å². The zero-order valence-electron chi connectivity index (χ0n) is 5.49. The highest BCUT2D eigenvalue weighted by Gasteiger charge is 2.72. The van der Waals surface area contributed by atoms with Crippen molar-refractivity contribution in [3.05, 3.63) is 12.5 Å². The van der Waals surface area contributed by atoms with Gasteiger partial charge in [-0.05, 0) is 6.58 Å². The molecule has 1 heterocycles. The molecule has 7 heteroatoms. The van der Waals surface area contributed by atoms with E-state index in [9.17, 15) is 22.0 Å². The zero-order chi connectivity index (χ0) is 9.57. The SMILES string of the molecule is C=C1OC(F)(F)C(F)(C(F)F)O1. The molecule has 0 aliphatic carbocycles. The molecule has 2 nitrogen and oxygen atoms in total. The molecule has 70 valence electrons. The Morgan fingerprint density at radius 2 is 1.67 bits per heavy atom. The quantitative estimate of drug-likeness (QED) is 0.589. The molecular formula is C5H3F5O2. The van der Waals surface area contributed by atoms with Crippen LogP contribution in [0.2, 0.25) is 0 Å². The van der Waals surface area contributed by atoms with Gasteiger partial charge in [-0.3, -0.25) is 0 Å². The first-order valence-electron chi connectivity index (χ1n) is 2.71. The third kappa shape index (κ3) is 0.997. The molecule has 0 saturated carbocycles. The van der Waals surface area contributed by atoms with Crippen LogP contribution in [0.25, 0.3) is 0 Å². The van der Waals surface area contributed by atoms with Crippen molar-refractivity contribution in [2.75, 3.05) is 0 Å². The van der Waals surface area contributed by atoms with Gasteiger partial charge >= 0.3 is 18.4 Å². The van der Waals surface area contributed by atoms with Gasteiger partial charge in [0, 0.05) is 0 Å². The van der Waals surface area contributed by atoms with Gasteiger partial charge in [0.1, 0.15) is 0 Å². The third-order valence-electron chi connectivity index (χ3n) is 1.18. The van der Waals surface area contributed by atoms with Gasteiger partial charge in [-0.2, -0.15) is 13.2 Å². The van der Waals surface area contributed by atoms with Gasteiger partial charge in [-0.15, -0.1) is 0 Å². The average molecular weight is 190 g/mol. The Hall–Kier alpha value is -1.01. The summed E-state index contributed by atoms with van der Waals surface area (Å²) < 4.78 is 67.2. The highest BCUT2D eigenvalue weighted by Crippen LogP contribution is 2.47. The van der Waals surface area contributed by atoms with Crippen molar-refractivity contribution in [1.82, 2.24) is 0 Å². The van der Waals surface area contributed by atoms with E-state index in [0.717, 1.165) is 0 Å². The lowest BCUT2D eigenvalue weighted by Crippen LogP contribution is -2.47. The van der Waals surface area contributed by atoms with E-state index in [-0.39, 0.29) is 0 Å². The molecule has 0 aromatic heterocycles. The summed E-state index contributed by atoms with van der Waals surface area (Å²) in [5, 5.41) is 0. The van der Waals surface area contributed by atoms with E-state index >= 15 is 0 Å². The van der Waals surface area contributed by atoms with Crippen molar-refractivity contribution < 1.29 is 31.4 Å². The average Bonchev–Trinajstić information content (AvgIpc) is 2.02. The molecule has 0 aromatic rings. The van der Waals surface area contributed by atoms with Crippen molar-refractivity contribution in [2.45, 2.75) is 18.4 Å². The molecule has 0 bridgehead atoms. The largest absolute Gasteiger partial charge is 0.479 e. The maximum absolute atomic E-state index is 12.6. The number of hydrogen-bond acceptors (Lipinski definition) is 2. The summed E-state index contributed by atoms with van der Waals surface area (Å²) in [4.78, 5) is 0. The molecule has 0 N–H and O–H groups in total. The summed E-state index contributed by atoms with van der Waals surface area (Å²) in [6.07, 6.45) is -8.70. The molecule has 1 fully saturated rings. The second kappa shape index (κ2) is 2.24. The standard InChI is InChI=1S/C5H3F5O2/c1-2-11-4(8,3(6)7)5(9,10)12-2/h3H,1H2. The minimum Gasteiger partial charge on any atom is -0.414 e. The summed E-state index contributed by atoms with van der Waals surface area (Å²) in [5.41, 5.74) is 0. The number of alkyl halides is 5. The lowest BCUT2D eigenvalue weighted by atomic mass is 10.3. The molecular weight excluding hydrogens is 187 g/mol. The fourth-order valence-corrected chi connectivity index (χ4v) is 0.630. The first-order valence-corrected chi connectivity index (χ1v) is 2.71. The van der Waals surface area contributed by atoms with Crippen LogP contribution in [-0.2, 0) is 9.47 Å². The molecule has 0 aromatic carbocycles. The topological polar surface area (TPSA) is 18.5 Å². The molecule has 1 aliphatic heterocycles. The summed E-state index contributed by atoms with van der Waals surface area (Å²) in [5.74, 6) is -5.59. The first-order chi connectivity index (χ1) is 5.29. The van der Waals surface area contributed by atoms with Gasteiger partial charge in [-0.1, -0.05) is 0 Å². The first kappa shape index (κ1) is 9.08. The maximum Gasteiger partial charge on any atom is 0.479 e. The van der Waals surface area contributed by atoms with Crippen molar-refractivity contribution in [3.63, 3.8) is 0 Å². The van der Waals surface area contributed by atoms with Crippen LogP contribution in [0.1, 0.15) is 0 Å². The van der Waals surface area contributed by atoms with Crippen LogP contribution >= 0.6 is 0 Å². The van der Waals surface area contributed by atoms with E-state index in [0.29, 0.717) is 0 Å². The summed E-state index contributed by atoms with van der Waals surface area (Å²) in [7, 11) is 0. The predicted octanol–water partition coefficient (Wildman–Crippen LogP) is 2.03. The van der Waals surface area contributed by atoms with Gasteiger partial charge < -0.3 is 9.47 Å². The van der Waals surface area contributed by atoms with Crippen LogP contribution in [0.15, 0.2) is 12.5 Å². The molecule has 0 spiro atoms. The zero-order valence-corrected chi connectivity index (χ0v) is 5.49. The lowest BCUT2D eigenvalue weighted by Gasteiger charge is -2.19. The second-order valence-electron chi connectivity index (χ2n) is 2.04. The summed E-state index contributed by atoms with van der Waals surface area (Å²) >= 11 is 0. The minimum atomic E-state index is -4.70. The molecule has 0 radical (unpaired) electrons. The van der Waals surface area contributed by atoms with Crippen molar-refractivity contribution in [1.29, 1.82) is 0 Å².